The molecule has 0 fully saturated rings. The number of hydrogen-bond donors (Lipinski definition) is 1. The molecule has 19 heavy (non-hydrogen) atoms. The summed E-state index contributed by atoms with van der Waals surface area (Å²) in [5.74, 6) is -0.0685. The lowest BCUT2D eigenvalue weighted by Gasteiger charge is -2.12. The van der Waals surface area contributed by atoms with E-state index in [1.165, 1.54) is 7.11 Å². The number of halogens is 2. The predicted octanol–water partition coefficient (Wildman–Crippen LogP) is 4.21. The Hall–Kier alpha value is -0.910. The van der Waals surface area contributed by atoms with Crippen LogP contribution in [0.5, 0.6) is 5.75 Å². The zero-order chi connectivity index (χ0) is 14.0. The fraction of sp³-hybridized carbons (Fsp3) is 0.286. The molecule has 0 saturated heterocycles. The molecule has 2 nitrogen and oxygen atoms in total. The van der Waals surface area contributed by atoms with Crippen molar-refractivity contribution in [2.75, 3.05) is 7.11 Å². The quantitative estimate of drug-likeness (QED) is 0.902. The lowest BCUT2D eigenvalue weighted by atomic mass is 10.0. The number of rotatable bonds is 4. The maximum Gasteiger partial charge on any atom is 0.168 e. The number of ether oxygens (including phenoxy) is 1. The van der Waals surface area contributed by atoms with Crippen molar-refractivity contribution in [3.63, 3.8) is 0 Å². The van der Waals surface area contributed by atoms with Gasteiger partial charge in [0.15, 0.2) is 11.6 Å². The van der Waals surface area contributed by atoms with Crippen molar-refractivity contribution in [3.8, 4) is 5.75 Å². The number of methoxy groups -OCH3 is 1. The van der Waals surface area contributed by atoms with Crippen molar-refractivity contribution in [2.45, 2.75) is 19.4 Å². The minimum Gasteiger partial charge on any atom is -0.494 e. The summed E-state index contributed by atoms with van der Waals surface area (Å²) in [4.78, 5) is 1.05. The summed E-state index contributed by atoms with van der Waals surface area (Å²) in [7, 11) is 1.46. The molecule has 0 aliphatic rings. The van der Waals surface area contributed by atoms with Gasteiger partial charge in [0, 0.05) is 10.9 Å². The molecular formula is C14H15BrFNOS. The second-order valence-corrected chi connectivity index (χ2v) is 6.75. The monoisotopic (exact) mass is 343 g/mol. The molecule has 1 aromatic carbocycles. The molecule has 0 amide bonds. The van der Waals surface area contributed by atoms with Gasteiger partial charge >= 0.3 is 0 Å². The van der Waals surface area contributed by atoms with Crippen molar-refractivity contribution < 1.29 is 9.13 Å². The molecule has 5 heteroatoms. The second-order valence-electron chi connectivity index (χ2n) is 4.35. The third-order valence-corrected chi connectivity index (χ3v) is 5.21. The van der Waals surface area contributed by atoms with Crippen LogP contribution in [0.2, 0.25) is 0 Å². The Morgan fingerprint density at radius 1 is 1.47 bits per heavy atom. The van der Waals surface area contributed by atoms with Crippen LogP contribution in [0, 0.1) is 12.7 Å². The van der Waals surface area contributed by atoms with Crippen LogP contribution >= 0.6 is 27.3 Å². The minimum atomic E-state index is -0.326. The average molecular weight is 344 g/mol. The van der Waals surface area contributed by atoms with E-state index in [9.17, 15) is 4.39 Å². The summed E-state index contributed by atoms with van der Waals surface area (Å²) in [6, 6.07) is 6.96. The normalized spacial score (nSPS) is 12.5. The zero-order valence-electron chi connectivity index (χ0n) is 10.7. The molecule has 1 atom stereocenters. The summed E-state index contributed by atoms with van der Waals surface area (Å²) in [5, 5.41) is 0. The first-order chi connectivity index (χ1) is 9.02. The predicted molar refractivity (Wildman–Crippen MR) is 80.3 cm³/mol. The fourth-order valence-electron chi connectivity index (χ4n) is 1.88. The molecule has 0 saturated carbocycles. The first kappa shape index (κ1) is 14.5. The molecule has 0 radical (unpaired) electrons. The maximum absolute atomic E-state index is 14.0. The van der Waals surface area contributed by atoms with Crippen molar-refractivity contribution in [3.05, 3.63) is 49.9 Å². The number of benzene rings is 1. The van der Waals surface area contributed by atoms with E-state index in [1.807, 2.05) is 13.0 Å². The van der Waals surface area contributed by atoms with E-state index < -0.39 is 0 Å². The molecule has 0 aliphatic carbocycles. The Morgan fingerprint density at radius 3 is 2.79 bits per heavy atom. The lowest BCUT2D eigenvalue weighted by molar-refractivity contribution is 0.383. The third kappa shape index (κ3) is 3.16. The van der Waals surface area contributed by atoms with Gasteiger partial charge in [0.2, 0.25) is 0 Å². The summed E-state index contributed by atoms with van der Waals surface area (Å²) in [6.45, 7) is 2.02. The van der Waals surface area contributed by atoms with Crippen molar-refractivity contribution in [1.82, 2.24) is 0 Å². The number of aryl methyl sites for hydroxylation is 1. The second kappa shape index (κ2) is 6.03. The van der Waals surface area contributed by atoms with Gasteiger partial charge in [-0.05, 0) is 52.5 Å². The standard InChI is InChI=1S/C14H15BrFNOS/c1-8-6-12(19-14(8)15)10(17)7-9-4-3-5-11(18-2)13(9)16/h3-6,10H,7,17H2,1-2H3. The van der Waals surface area contributed by atoms with Gasteiger partial charge in [0.1, 0.15) is 0 Å². The Bertz CT molecular complexity index is 565. The smallest absolute Gasteiger partial charge is 0.168 e. The maximum atomic E-state index is 14.0. The van der Waals surface area contributed by atoms with Gasteiger partial charge in [-0.2, -0.15) is 0 Å². The summed E-state index contributed by atoms with van der Waals surface area (Å²) < 4.78 is 20.1. The largest absolute Gasteiger partial charge is 0.494 e. The van der Waals surface area contributed by atoms with Gasteiger partial charge in [-0.15, -0.1) is 11.3 Å². The van der Waals surface area contributed by atoms with E-state index in [1.54, 1.807) is 29.5 Å². The molecule has 0 bridgehead atoms. The Labute approximate surface area is 124 Å². The highest BCUT2D eigenvalue weighted by Gasteiger charge is 2.15. The summed E-state index contributed by atoms with van der Waals surface area (Å²) in [5.41, 5.74) is 7.88. The molecule has 102 valence electrons. The van der Waals surface area contributed by atoms with Crippen molar-refractivity contribution >= 4 is 27.3 Å². The van der Waals surface area contributed by atoms with Gasteiger partial charge in [-0.1, -0.05) is 12.1 Å². The first-order valence-electron chi connectivity index (χ1n) is 5.85. The topological polar surface area (TPSA) is 35.2 Å². The molecule has 2 N–H and O–H groups in total. The van der Waals surface area contributed by atoms with Crippen LogP contribution in [0.3, 0.4) is 0 Å². The molecule has 1 unspecified atom stereocenters. The average Bonchev–Trinajstić information content (AvgIpc) is 2.72. The van der Waals surface area contributed by atoms with Crippen LogP contribution in [-0.2, 0) is 6.42 Å². The van der Waals surface area contributed by atoms with Crippen molar-refractivity contribution in [2.24, 2.45) is 5.73 Å². The first-order valence-corrected chi connectivity index (χ1v) is 7.46. The van der Waals surface area contributed by atoms with Crippen LogP contribution in [0.1, 0.15) is 22.0 Å². The van der Waals surface area contributed by atoms with E-state index in [0.717, 1.165) is 14.2 Å². The van der Waals surface area contributed by atoms with Gasteiger partial charge in [0.05, 0.1) is 10.9 Å². The van der Waals surface area contributed by atoms with E-state index in [4.69, 9.17) is 10.5 Å². The van der Waals surface area contributed by atoms with Gasteiger partial charge < -0.3 is 10.5 Å². The van der Waals surface area contributed by atoms with Gasteiger partial charge in [0.25, 0.3) is 0 Å². The van der Waals surface area contributed by atoms with E-state index in [-0.39, 0.29) is 17.6 Å². The number of hydrogen-bond acceptors (Lipinski definition) is 3. The Morgan fingerprint density at radius 2 is 2.21 bits per heavy atom. The molecule has 2 aromatic rings. The van der Waals surface area contributed by atoms with E-state index >= 15 is 0 Å². The lowest BCUT2D eigenvalue weighted by Crippen LogP contribution is -2.13. The van der Waals surface area contributed by atoms with Crippen LogP contribution in [-0.4, -0.2) is 7.11 Å². The van der Waals surface area contributed by atoms with E-state index in [2.05, 4.69) is 15.9 Å². The Balaban J connectivity index is 2.21. The zero-order valence-corrected chi connectivity index (χ0v) is 13.1. The highest BCUT2D eigenvalue weighted by atomic mass is 79.9. The van der Waals surface area contributed by atoms with Crippen LogP contribution in [0.15, 0.2) is 28.1 Å². The molecule has 2 rings (SSSR count). The van der Waals surface area contributed by atoms with Crippen LogP contribution < -0.4 is 10.5 Å². The SMILES string of the molecule is COc1cccc(CC(N)c2cc(C)c(Br)s2)c1F. The molecule has 1 heterocycles. The fourth-order valence-corrected chi connectivity index (χ4v) is 3.45. The molecular weight excluding hydrogens is 329 g/mol. The third-order valence-electron chi connectivity index (χ3n) is 2.94. The van der Waals surface area contributed by atoms with Crippen LogP contribution in [0.4, 0.5) is 4.39 Å². The number of thiophene rings is 1. The molecule has 0 spiro atoms. The Kier molecular flexibility index (Phi) is 4.60. The minimum absolute atomic E-state index is 0.211. The van der Waals surface area contributed by atoms with Crippen molar-refractivity contribution in [1.29, 1.82) is 0 Å². The molecule has 0 aliphatic heterocycles. The summed E-state index contributed by atoms with van der Waals surface area (Å²) >= 11 is 5.07. The van der Waals surface area contributed by atoms with E-state index in [0.29, 0.717) is 12.0 Å². The summed E-state index contributed by atoms with van der Waals surface area (Å²) in [6.07, 6.45) is 0.454. The molecule has 1 aromatic heterocycles. The highest BCUT2D eigenvalue weighted by molar-refractivity contribution is 9.11. The van der Waals surface area contributed by atoms with Gasteiger partial charge in [-0.25, -0.2) is 4.39 Å². The highest BCUT2D eigenvalue weighted by Crippen LogP contribution is 2.32. The number of nitrogens with two attached hydrogens (primary N) is 1. The van der Waals surface area contributed by atoms with Crippen LogP contribution in [0.25, 0.3) is 0 Å². The van der Waals surface area contributed by atoms with Gasteiger partial charge in [-0.3, -0.25) is 0 Å².